The van der Waals surface area contributed by atoms with Crippen LogP contribution in [0, 0.1) is 6.92 Å². The summed E-state index contributed by atoms with van der Waals surface area (Å²) in [6, 6.07) is 2.70. The SMILES string of the molecule is Cc1cc2c(n1C(C)CCN(C)C)CCCC2O. The second-order valence-corrected chi connectivity index (χ2v) is 5.91. The van der Waals surface area contributed by atoms with Gasteiger partial charge in [-0.2, -0.15) is 0 Å². The molecule has 0 amide bonds. The maximum Gasteiger partial charge on any atom is 0.0807 e. The molecule has 2 unspecified atom stereocenters. The summed E-state index contributed by atoms with van der Waals surface area (Å²) in [4.78, 5) is 2.23. The molecule has 3 nitrogen and oxygen atoms in total. The van der Waals surface area contributed by atoms with Gasteiger partial charge in [0.1, 0.15) is 0 Å². The fraction of sp³-hybridized carbons (Fsp3) is 0.733. The van der Waals surface area contributed by atoms with E-state index in [1.807, 2.05) is 0 Å². The lowest BCUT2D eigenvalue weighted by Crippen LogP contribution is -2.20. The Labute approximate surface area is 110 Å². The summed E-state index contributed by atoms with van der Waals surface area (Å²) in [5.74, 6) is 0. The first-order valence-electron chi connectivity index (χ1n) is 7.04. The Balaban J connectivity index is 2.22. The molecule has 0 saturated heterocycles. The zero-order valence-corrected chi connectivity index (χ0v) is 12.1. The number of aliphatic hydroxyl groups excluding tert-OH is 1. The van der Waals surface area contributed by atoms with Crippen LogP contribution in [-0.4, -0.2) is 35.2 Å². The van der Waals surface area contributed by atoms with Gasteiger partial charge in [0.05, 0.1) is 6.10 Å². The average molecular weight is 250 g/mol. The quantitative estimate of drug-likeness (QED) is 0.890. The van der Waals surface area contributed by atoms with Crippen LogP contribution in [0.2, 0.25) is 0 Å². The second kappa shape index (κ2) is 5.45. The van der Waals surface area contributed by atoms with Gasteiger partial charge in [-0.1, -0.05) is 0 Å². The molecule has 0 spiro atoms. The van der Waals surface area contributed by atoms with E-state index in [1.165, 1.54) is 17.0 Å². The highest BCUT2D eigenvalue weighted by Crippen LogP contribution is 2.34. The molecule has 18 heavy (non-hydrogen) atoms. The van der Waals surface area contributed by atoms with Gasteiger partial charge in [0.25, 0.3) is 0 Å². The summed E-state index contributed by atoms with van der Waals surface area (Å²) in [6.45, 7) is 5.56. The standard InChI is InChI=1S/C15H26N2O/c1-11(8-9-16(3)4)17-12(2)10-13-14(17)6-5-7-15(13)18/h10-11,15,18H,5-9H2,1-4H3. The summed E-state index contributed by atoms with van der Waals surface area (Å²) in [5.41, 5.74) is 3.85. The average Bonchev–Trinajstić information content (AvgIpc) is 2.64. The lowest BCUT2D eigenvalue weighted by Gasteiger charge is -2.25. The summed E-state index contributed by atoms with van der Waals surface area (Å²) in [5, 5.41) is 10.1. The summed E-state index contributed by atoms with van der Waals surface area (Å²) in [6.07, 6.45) is 4.06. The number of aromatic nitrogens is 1. The molecule has 3 heteroatoms. The molecule has 1 aromatic heterocycles. The Morgan fingerprint density at radius 3 is 2.89 bits per heavy atom. The lowest BCUT2D eigenvalue weighted by molar-refractivity contribution is 0.155. The van der Waals surface area contributed by atoms with Crippen LogP contribution in [0.3, 0.4) is 0 Å². The maximum atomic E-state index is 10.1. The van der Waals surface area contributed by atoms with Crippen molar-refractivity contribution in [2.24, 2.45) is 0 Å². The van der Waals surface area contributed by atoms with Crippen molar-refractivity contribution < 1.29 is 5.11 Å². The number of hydrogen-bond acceptors (Lipinski definition) is 2. The summed E-state index contributed by atoms with van der Waals surface area (Å²) < 4.78 is 2.45. The monoisotopic (exact) mass is 250 g/mol. The van der Waals surface area contributed by atoms with Crippen molar-refractivity contribution in [2.45, 2.75) is 51.7 Å². The first-order valence-corrected chi connectivity index (χ1v) is 7.04. The van der Waals surface area contributed by atoms with E-state index in [-0.39, 0.29) is 6.10 Å². The molecule has 1 aliphatic carbocycles. The Bertz CT molecular complexity index is 409. The molecule has 0 fully saturated rings. The Kier molecular flexibility index (Phi) is 4.13. The Morgan fingerprint density at radius 1 is 1.50 bits per heavy atom. The third-order valence-corrected chi connectivity index (χ3v) is 4.05. The minimum Gasteiger partial charge on any atom is -0.388 e. The van der Waals surface area contributed by atoms with Gasteiger partial charge < -0.3 is 14.6 Å². The van der Waals surface area contributed by atoms with E-state index in [1.54, 1.807) is 0 Å². The smallest absolute Gasteiger partial charge is 0.0807 e. The second-order valence-electron chi connectivity index (χ2n) is 5.91. The third-order valence-electron chi connectivity index (χ3n) is 4.05. The predicted octanol–water partition coefficient (Wildman–Crippen LogP) is 2.68. The molecular weight excluding hydrogens is 224 g/mol. The molecule has 1 aromatic rings. The fourth-order valence-electron chi connectivity index (χ4n) is 3.09. The van der Waals surface area contributed by atoms with Crippen molar-refractivity contribution in [1.82, 2.24) is 9.47 Å². The van der Waals surface area contributed by atoms with Crippen LogP contribution in [-0.2, 0) is 6.42 Å². The molecular formula is C15H26N2O. The van der Waals surface area contributed by atoms with Crippen LogP contribution in [0.15, 0.2) is 6.07 Å². The molecule has 0 bridgehead atoms. The van der Waals surface area contributed by atoms with Crippen LogP contribution in [0.25, 0.3) is 0 Å². The van der Waals surface area contributed by atoms with Crippen molar-refractivity contribution in [3.63, 3.8) is 0 Å². The number of hydrogen-bond donors (Lipinski definition) is 1. The number of rotatable bonds is 4. The van der Waals surface area contributed by atoms with E-state index in [4.69, 9.17) is 0 Å². The minimum absolute atomic E-state index is 0.241. The Morgan fingerprint density at radius 2 is 2.22 bits per heavy atom. The van der Waals surface area contributed by atoms with Gasteiger partial charge in [0, 0.05) is 23.0 Å². The predicted molar refractivity (Wildman–Crippen MR) is 74.9 cm³/mol. The van der Waals surface area contributed by atoms with Crippen LogP contribution < -0.4 is 0 Å². The van der Waals surface area contributed by atoms with Crippen LogP contribution in [0.4, 0.5) is 0 Å². The van der Waals surface area contributed by atoms with Crippen LogP contribution in [0.1, 0.15) is 55.3 Å². The van der Waals surface area contributed by atoms with Crippen molar-refractivity contribution in [3.8, 4) is 0 Å². The fourth-order valence-corrected chi connectivity index (χ4v) is 3.09. The molecule has 2 rings (SSSR count). The molecule has 0 aromatic carbocycles. The van der Waals surface area contributed by atoms with Gasteiger partial charge in [0.15, 0.2) is 0 Å². The van der Waals surface area contributed by atoms with Crippen molar-refractivity contribution in [2.75, 3.05) is 20.6 Å². The number of nitrogens with zero attached hydrogens (tertiary/aromatic N) is 2. The van der Waals surface area contributed by atoms with E-state index < -0.39 is 0 Å². The molecule has 0 aliphatic heterocycles. The van der Waals surface area contributed by atoms with Crippen molar-refractivity contribution in [1.29, 1.82) is 0 Å². The Hall–Kier alpha value is -0.800. The van der Waals surface area contributed by atoms with E-state index in [0.29, 0.717) is 6.04 Å². The zero-order valence-electron chi connectivity index (χ0n) is 12.1. The highest BCUT2D eigenvalue weighted by atomic mass is 16.3. The first kappa shape index (κ1) is 13.6. The summed E-state index contributed by atoms with van der Waals surface area (Å²) in [7, 11) is 4.24. The molecule has 1 heterocycles. The van der Waals surface area contributed by atoms with Crippen LogP contribution >= 0.6 is 0 Å². The van der Waals surface area contributed by atoms with E-state index in [9.17, 15) is 5.11 Å². The molecule has 0 saturated carbocycles. The molecule has 102 valence electrons. The van der Waals surface area contributed by atoms with E-state index in [0.717, 1.165) is 32.2 Å². The van der Waals surface area contributed by atoms with Gasteiger partial charge in [0.2, 0.25) is 0 Å². The van der Waals surface area contributed by atoms with E-state index in [2.05, 4.69) is 43.5 Å². The first-order chi connectivity index (χ1) is 8.50. The van der Waals surface area contributed by atoms with E-state index >= 15 is 0 Å². The van der Waals surface area contributed by atoms with Crippen LogP contribution in [0.5, 0.6) is 0 Å². The van der Waals surface area contributed by atoms with Gasteiger partial charge in [-0.25, -0.2) is 0 Å². The number of fused-ring (bicyclic) bond motifs is 1. The van der Waals surface area contributed by atoms with Gasteiger partial charge in [-0.3, -0.25) is 0 Å². The minimum atomic E-state index is -0.241. The number of aliphatic hydroxyl groups is 1. The van der Waals surface area contributed by atoms with Gasteiger partial charge in [-0.05, 0) is 66.2 Å². The number of aryl methyl sites for hydroxylation is 1. The molecule has 0 radical (unpaired) electrons. The van der Waals surface area contributed by atoms with Crippen molar-refractivity contribution >= 4 is 0 Å². The highest BCUT2D eigenvalue weighted by Gasteiger charge is 2.24. The summed E-state index contributed by atoms with van der Waals surface area (Å²) >= 11 is 0. The molecule has 1 aliphatic rings. The van der Waals surface area contributed by atoms with Gasteiger partial charge >= 0.3 is 0 Å². The molecule has 1 N–H and O–H groups in total. The maximum absolute atomic E-state index is 10.1. The third kappa shape index (κ3) is 2.62. The van der Waals surface area contributed by atoms with Gasteiger partial charge in [-0.15, -0.1) is 0 Å². The highest BCUT2D eigenvalue weighted by molar-refractivity contribution is 5.32. The molecule has 2 atom stereocenters. The zero-order chi connectivity index (χ0) is 13.3. The van der Waals surface area contributed by atoms with Crippen molar-refractivity contribution in [3.05, 3.63) is 23.0 Å². The topological polar surface area (TPSA) is 28.4 Å². The largest absolute Gasteiger partial charge is 0.388 e. The lowest BCUT2D eigenvalue weighted by atomic mass is 9.95. The normalized spacial score (nSPS) is 21.1.